The Hall–Kier alpha value is -4.18. The summed E-state index contributed by atoms with van der Waals surface area (Å²) in [6.45, 7) is 14.6. The Bertz CT molecular complexity index is 2350. The fourth-order valence-electron chi connectivity index (χ4n) is 12.0. The fraction of sp³-hybridized carbons (Fsp3) is 0.571. The zero-order valence-electron chi connectivity index (χ0n) is 39.6. The van der Waals surface area contributed by atoms with Gasteiger partial charge in [-0.05, 0) is 118 Å². The largest absolute Gasteiger partial charge is 0.480 e. The zero-order chi connectivity index (χ0) is 48.0. The van der Waals surface area contributed by atoms with Gasteiger partial charge in [0.15, 0.2) is 0 Å². The van der Waals surface area contributed by atoms with E-state index in [9.17, 15) is 20.4 Å². The van der Waals surface area contributed by atoms with Crippen molar-refractivity contribution in [3.63, 3.8) is 0 Å². The van der Waals surface area contributed by atoms with Crippen molar-refractivity contribution in [1.82, 2.24) is 20.1 Å². The molecule has 0 spiro atoms. The predicted molar refractivity (Wildman–Crippen MR) is 273 cm³/mol. The second kappa shape index (κ2) is 21.6. The van der Waals surface area contributed by atoms with Gasteiger partial charge in [-0.2, -0.15) is 0 Å². The molecule has 0 amide bonds. The summed E-state index contributed by atoms with van der Waals surface area (Å²) in [5, 5.41) is 34.4. The van der Waals surface area contributed by atoms with Gasteiger partial charge >= 0.3 is 0 Å². The summed E-state index contributed by atoms with van der Waals surface area (Å²) < 4.78 is 24.5. The van der Waals surface area contributed by atoms with E-state index in [1.54, 1.807) is 28.7 Å². The van der Waals surface area contributed by atoms with Crippen LogP contribution in [0.2, 0.25) is 0 Å². The number of carbonyl (C=O) groups excluding carboxylic acids is 1. The molecule has 2 aromatic rings. The van der Waals surface area contributed by atoms with Crippen molar-refractivity contribution in [2.75, 3.05) is 79.5 Å². The number of likely N-dealkylation sites (N-methyl/N-ethyl adjacent to an activating group) is 1. The maximum atomic E-state index is 10.9. The maximum absolute atomic E-state index is 10.9. The number of para-hydroxylation sites is 1. The number of aromatic nitrogens is 1. The number of benzene rings is 1. The number of aliphatic hydroxyl groups is 2. The molecular formula is C49H68IN9O7S. The van der Waals surface area contributed by atoms with Gasteiger partial charge in [0.25, 0.3) is 5.95 Å². The number of dihydropyridines is 1. The minimum absolute atomic E-state index is 0.0269. The molecule has 0 radical (unpaired) electrons. The molecule has 1 aromatic heterocycles. The van der Waals surface area contributed by atoms with Gasteiger partial charge in [-0.3, -0.25) is 15.2 Å². The highest BCUT2D eigenvalue weighted by atomic mass is 127. The molecule has 364 valence electrons. The van der Waals surface area contributed by atoms with Crippen LogP contribution < -0.4 is 16.8 Å². The number of nitrogens with two attached hydrogens (primary N) is 2. The summed E-state index contributed by atoms with van der Waals surface area (Å²) in [5.74, 6) is 0.197. The molecule has 1 aromatic carbocycles. The van der Waals surface area contributed by atoms with Gasteiger partial charge in [0.1, 0.15) is 29.8 Å². The molecule has 1 saturated heterocycles. The number of fused-ring (bicyclic) bond motifs is 1. The number of aliphatic hydroxyl groups excluding tert-OH is 1. The number of thiazole rings is 1. The van der Waals surface area contributed by atoms with Gasteiger partial charge in [0.2, 0.25) is 8.92 Å². The lowest BCUT2D eigenvalue weighted by atomic mass is 9.39. The first-order valence-electron chi connectivity index (χ1n) is 23.2. The van der Waals surface area contributed by atoms with E-state index in [0.29, 0.717) is 98.4 Å². The first-order chi connectivity index (χ1) is 31.9. The van der Waals surface area contributed by atoms with Gasteiger partial charge in [0, 0.05) is 77.4 Å². The summed E-state index contributed by atoms with van der Waals surface area (Å²) in [6.07, 6.45) is 12.9. The van der Waals surface area contributed by atoms with Crippen LogP contribution in [0.1, 0.15) is 79.1 Å². The number of ether oxygens (including phenoxy) is 4. The minimum atomic E-state index is -0.888. The Morgan fingerprint density at radius 1 is 1.00 bits per heavy atom. The van der Waals surface area contributed by atoms with E-state index in [2.05, 4.69) is 41.1 Å². The lowest BCUT2D eigenvalue weighted by Gasteiger charge is -2.69. The lowest BCUT2D eigenvalue weighted by molar-refractivity contribution is -0.242. The Balaban J connectivity index is 0.976. The summed E-state index contributed by atoms with van der Waals surface area (Å²) in [7, 11) is 2.09. The number of rotatable bonds is 22. The number of hydrogen-bond donors (Lipinski definition) is 6. The van der Waals surface area contributed by atoms with Gasteiger partial charge in [-0.15, -0.1) is 0 Å². The Kier molecular flexibility index (Phi) is 16.4. The third kappa shape index (κ3) is 12.4. The number of halogens is 1. The first-order valence-corrected chi connectivity index (χ1v) is 25.1. The minimum Gasteiger partial charge on any atom is -0.480 e. The van der Waals surface area contributed by atoms with E-state index in [1.807, 2.05) is 49.1 Å². The highest BCUT2D eigenvalue weighted by molar-refractivity contribution is 14.1. The molecule has 4 aliphatic carbocycles. The molecule has 3 heterocycles. The van der Waals surface area contributed by atoms with Crippen LogP contribution in [0.4, 0.5) is 5.13 Å². The number of allylic oxidation sites excluding steroid dienone is 3. The molecule has 67 heavy (non-hydrogen) atoms. The van der Waals surface area contributed by atoms with Crippen LogP contribution in [-0.2, 0) is 23.7 Å². The van der Waals surface area contributed by atoms with E-state index in [4.69, 9.17) is 35.4 Å². The Labute approximate surface area is 412 Å². The van der Waals surface area contributed by atoms with Crippen molar-refractivity contribution < 1.29 is 34.0 Å². The quantitative estimate of drug-likeness (QED) is 0.0166. The lowest BCUT2D eigenvalue weighted by Crippen LogP contribution is -2.64. The molecule has 4 bridgehead atoms. The van der Waals surface area contributed by atoms with Gasteiger partial charge in [-0.1, -0.05) is 37.3 Å². The topological polar surface area (TPSA) is 226 Å². The molecule has 5 fully saturated rings. The number of likely N-dealkylation sites (tertiary alicyclic amines) is 1. The average molecular weight is 1050 g/mol. The highest BCUT2D eigenvalue weighted by Crippen LogP contribution is 2.71. The summed E-state index contributed by atoms with van der Waals surface area (Å²) in [5.41, 5.74) is 17.1. The highest BCUT2D eigenvalue weighted by Gasteiger charge is 2.66. The van der Waals surface area contributed by atoms with Crippen molar-refractivity contribution in [3.8, 4) is 0 Å². The van der Waals surface area contributed by atoms with E-state index >= 15 is 0 Å². The van der Waals surface area contributed by atoms with Crippen molar-refractivity contribution in [3.05, 3.63) is 82.4 Å². The second-order valence-corrected chi connectivity index (χ2v) is 22.0. The standard InChI is InChI=1S/C49H68IN9O7S/c1-32(42(52)57-45-55-37-10-6-7-11-38(37)67-45)34-9-8-14-59(43(34)53)40-13-12-35(41(56-40)44(61)62)36(23-51)33(2)54-31-48-26-46(3)25-47(4,27-48)29-49(28-46,30-48)66-18-16-58(5)15-17-63-19-20-64-21-22-65-24-39(50)60/h6-7,10-13,23,53,56,61-62H,8-9,14-22,24-31,51H2,1-5H3,(H2,52,55,57)/b34-32-,36-23?,53-43?,54-33?. The van der Waals surface area contributed by atoms with Crippen molar-refractivity contribution in [2.45, 2.75) is 84.7 Å². The summed E-state index contributed by atoms with van der Waals surface area (Å²) in [4.78, 5) is 29.5. The molecule has 6 aliphatic rings. The van der Waals surface area contributed by atoms with Crippen LogP contribution in [0.25, 0.3) is 10.2 Å². The number of nitrogens with one attached hydrogen (secondary N) is 2. The normalized spacial score (nSPS) is 27.4. The van der Waals surface area contributed by atoms with Crippen LogP contribution in [0, 0.1) is 21.7 Å². The number of carbonyl (C=O) groups is 1. The molecule has 4 saturated carbocycles. The molecular weight excluding hydrogens is 986 g/mol. The third-order valence-electron chi connectivity index (χ3n) is 13.8. The number of hydrogen-bond acceptors (Lipinski definition) is 15. The Morgan fingerprint density at radius 2 is 1.69 bits per heavy atom. The molecule has 2 unspecified atom stereocenters. The summed E-state index contributed by atoms with van der Waals surface area (Å²) in [6, 6.07) is 7.84. The zero-order valence-corrected chi connectivity index (χ0v) is 42.6. The van der Waals surface area contributed by atoms with Gasteiger partial charge in [-0.25, -0.2) is 9.98 Å². The summed E-state index contributed by atoms with van der Waals surface area (Å²) >= 11 is 3.18. The van der Waals surface area contributed by atoms with Crippen LogP contribution in [0.15, 0.2) is 92.4 Å². The van der Waals surface area contributed by atoms with Crippen molar-refractivity contribution in [1.29, 1.82) is 5.41 Å². The van der Waals surface area contributed by atoms with Crippen LogP contribution in [-0.4, -0.2) is 131 Å². The van der Waals surface area contributed by atoms with Crippen LogP contribution in [0.5, 0.6) is 0 Å². The first kappa shape index (κ1) is 50.7. The van der Waals surface area contributed by atoms with E-state index in [0.717, 1.165) is 67.4 Å². The molecule has 2 atom stereocenters. The van der Waals surface area contributed by atoms with Crippen molar-refractivity contribution >= 4 is 70.4 Å². The van der Waals surface area contributed by atoms with E-state index < -0.39 is 5.95 Å². The van der Waals surface area contributed by atoms with Gasteiger partial charge < -0.3 is 55.7 Å². The number of piperidine rings is 1. The molecule has 16 nitrogen and oxygen atoms in total. The molecule has 2 aliphatic heterocycles. The fourth-order valence-corrected chi connectivity index (χ4v) is 13.0. The predicted octanol–water partition coefficient (Wildman–Crippen LogP) is 7.71. The van der Waals surface area contributed by atoms with Gasteiger partial charge in [0.05, 0.1) is 55.5 Å². The monoisotopic (exact) mass is 1050 g/mol. The maximum Gasteiger partial charge on any atom is 0.299 e. The number of aliphatic imine (C=N–C) groups is 2. The third-order valence-corrected chi connectivity index (χ3v) is 15.0. The molecule has 8 rings (SSSR count). The average Bonchev–Trinajstić information content (AvgIpc) is 3.67. The number of amidine groups is 2. The molecule has 18 heteroatoms. The van der Waals surface area contributed by atoms with E-state index in [-0.39, 0.29) is 43.8 Å². The van der Waals surface area contributed by atoms with Crippen molar-refractivity contribution in [2.24, 2.45) is 37.7 Å². The van der Waals surface area contributed by atoms with Crippen LogP contribution in [0.3, 0.4) is 0 Å². The smallest absolute Gasteiger partial charge is 0.299 e. The van der Waals surface area contributed by atoms with Crippen LogP contribution >= 0.6 is 33.9 Å². The molecule has 8 N–H and O–H groups in total. The SMILES string of the molecule is CC(=NCC12CC3(C)CC(C)(C1)CC(OCCN(C)CCOCCOCCOCC(=O)I)(C3)C2)C(=CN)C1=CC=C(N2CCC/C(=C(C)/C(N)=N\c3nc4ccccc4s3)C2=N)NC1=C(O)O. The number of nitrogens with zero attached hydrogens (tertiary/aromatic N) is 5. The van der Waals surface area contributed by atoms with E-state index in [1.165, 1.54) is 24.0 Å². The Morgan fingerprint density at radius 3 is 2.37 bits per heavy atom. The second-order valence-electron chi connectivity index (χ2n) is 19.8.